The van der Waals surface area contributed by atoms with Crippen molar-refractivity contribution in [2.45, 2.75) is 0 Å². The Morgan fingerprint density at radius 1 is 1.23 bits per heavy atom. The zero-order valence-corrected chi connectivity index (χ0v) is 13.9. The number of nitro groups is 1. The third-order valence-corrected chi connectivity index (χ3v) is 3.41. The summed E-state index contributed by atoms with van der Waals surface area (Å²) in [6.45, 7) is -0.353. The van der Waals surface area contributed by atoms with E-state index in [0.29, 0.717) is 5.56 Å². The second kappa shape index (κ2) is 8.67. The van der Waals surface area contributed by atoms with Crippen molar-refractivity contribution in [3.05, 3.63) is 74.5 Å². The molecule has 2 aromatic rings. The zero-order valence-electron chi connectivity index (χ0n) is 13.1. The van der Waals surface area contributed by atoms with E-state index < -0.39 is 22.6 Å². The van der Waals surface area contributed by atoms with Crippen LogP contribution >= 0.6 is 11.6 Å². The summed E-state index contributed by atoms with van der Waals surface area (Å²) >= 11 is 5.69. The molecule has 0 aliphatic carbocycles. The van der Waals surface area contributed by atoms with Crippen molar-refractivity contribution < 1.29 is 18.9 Å². The molecule has 2 amide bonds. The summed E-state index contributed by atoms with van der Waals surface area (Å²) < 4.78 is 12.8. The predicted octanol–water partition coefficient (Wildman–Crippen LogP) is 2.27. The van der Waals surface area contributed by atoms with Crippen LogP contribution in [0.15, 0.2) is 47.6 Å². The zero-order chi connectivity index (χ0) is 19.1. The highest BCUT2D eigenvalue weighted by Crippen LogP contribution is 2.24. The summed E-state index contributed by atoms with van der Waals surface area (Å²) in [7, 11) is 0. The maximum atomic E-state index is 12.8. The van der Waals surface area contributed by atoms with Crippen molar-refractivity contribution in [3.63, 3.8) is 0 Å². The first kappa shape index (κ1) is 19.0. The van der Waals surface area contributed by atoms with Gasteiger partial charge in [0.2, 0.25) is 0 Å². The van der Waals surface area contributed by atoms with Gasteiger partial charge in [0.1, 0.15) is 10.8 Å². The normalized spacial score (nSPS) is 10.5. The van der Waals surface area contributed by atoms with Crippen LogP contribution < -0.4 is 10.7 Å². The van der Waals surface area contributed by atoms with Crippen LogP contribution in [0, 0.1) is 15.9 Å². The van der Waals surface area contributed by atoms with Crippen molar-refractivity contribution >= 4 is 35.3 Å². The predicted molar refractivity (Wildman–Crippen MR) is 92.6 cm³/mol. The maximum absolute atomic E-state index is 12.8. The van der Waals surface area contributed by atoms with Gasteiger partial charge in [-0.05, 0) is 30.3 Å². The quantitative estimate of drug-likeness (QED) is 0.456. The number of benzene rings is 2. The van der Waals surface area contributed by atoms with Crippen molar-refractivity contribution in [1.29, 1.82) is 0 Å². The van der Waals surface area contributed by atoms with Gasteiger partial charge in [0.15, 0.2) is 0 Å². The third kappa shape index (κ3) is 5.35. The molecule has 0 aromatic heterocycles. The fraction of sp³-hybridized carbons (Fsp3) is 0.0625. The minimum absolute atomic E-state index is 0.0142. The van der Waals surface area contributed by atoms with Crippen LogP contribution in [0.25, 0.3) is 0 Å². The van der Waals surface area contributed by atoms with E-state index in [1.165, 1.54) is 36.5 Å². The summed E-state index contributed by atoms with van der Waals surface area (Å²) in [5, 5.41) is 16.8. The van der Waals surface area contributed by atoms with Gasteiger partial charge >= 0.3 is 0 Å². The van der Waals surface area contributed by atoms with E-state index in [-0.39, 0.29) is 22.8 Å². The molecule has 0 unspecified atom stereocenters. The number of hydrogen-bond acceptors (Lipinski definition) is 5. The molecule has 0 spiro atoms. The van der Waals surface area contributed by atoms with Crippen LogP contribution in [-0.4, -0.2) is 29.5 Å². The fourth-order valence-corrected chi connectivity index (χ4v) is 2.02. The number of halogens is 2. The molecule has 134 valence electrons. The van der Waals surface area contributed by atoms with Crippen LogP contribution in [0.3, 0.4) is 0 Å². The van der Waals surface area contributed by atoms with Gasteiger partial charge in [0.25, 0.3) is 17.5 Å². The van der Waals surface area contributed by atoms with Gasteiger partial charge < -0.3 is 5.32 Å². The Bertz CT molecular complexity index is 871. The standard InChI is InChI=1S/C16H12ClFN4O4/c17-13-6-1-10(7-14(13)22(25)26)8-20-21-15(23)9-19-16(24)11-2-4-12(18)5-3-11/h1-8H,9H2,(H,19,24)(H,21,23)/b20-8-. The molecule has 0 heterocycles. The molecule has 0 aliphatic heterocycles. The number of nitro benzene ring substituents is 1. The van der Waals surface area contributed by atoms with Crippen LogP contribution in [-0.2, 0) is 4.79 Å². The molecule has 2 N–H and O–H groups in total. The number of carbonyl (C=O) groups excluding carboxylic acids is 2. The molecule has 26 heavy (non-hydrogen) atoms. The molecule has 0 saturated heterocycles. The highest BCUT2D eigenvalue weighted by Gasteiger charge is 2.12. The average Bonchev–Trinajstić information content (AvgIpc) is 2.61. The number of hydrogen-bond donors (Lipinski definition) is 2. The van der Waals surface area contributed by atoms with Crippen LogP contribution in [0.5, 0.6) is 0 Å². The summed E-state index contributed by atoms with van der Waals surface area (Å²) in [6.07, 6.45) is 1.20. The molecule has 0 atom stereocenters. The SMILES string of the molecule is O=C(CNC(=O)c1ccc(F)cc1)N/N=C\c1ccc(Cl)c([N+](=O)[O-])c1. The first-order valence-electron chi connectivity index (χ1n) is 7.16. The highest BCUT2D eigenvalue weighted by atomic mass is 35.5. The summed E-state index contributed by atoms with van der Waals surface area (Å²) in [6, 6.07) is 8.86. The van der Waals surface area contributed by atoms with E-state index in [1.807, 2.05) is 0 Å². The molecule has 0 radical (unpaired) electrons. The van der Waals surface area contributed by atoms with E-state index >= 15 is 0 Å². The van der Waals surface area contributed by atoms with Crippen LogP contribution in [0.2, 0.25) is 5.02 Å². The number of rotatable bonds is 6. The van der Waals surface area contributed by atoms with Crippen LogP contribution in [0.1, 0.15) is 15.9 Å². The third-order valence-electron chi connectivity index (χ3n) is 3.09. The number of hydrazone groups is 1. The second-order valence-corrected chi connectivity index (χ2v) is 5.36. The molecule has 0 aliphatic rings. The number of nitrogens with one attached hydrogen (secondary N) is 2. The smallest absolute Gasteiger partial charge is 0.288 e. The first-order chi connectivity index (χ1) is 12.4. The Kier molecular flexibility index (Phi) is 6.34. The Labute approximate surface area is 151 Å². The first-order valence-corrected chi connectivity index (χ1v) is 7.54. The number of amides is 2. The summed E-state index contributed by atoms with van der Waals surface area (Å²) in [4.78, 5) is 33.5. The summed E-state index contributed by atoms with van der Waals surface area (Å²) in [5.41, 5.74) is 2.44. The Morgan fingerprint density at radius 2 is 1.92 bits per heavy atom. The van der Waals surface area contributed by atoms with E-state index in [1.54, 1.807) is 0 Å². The van der Waals surface area contributed by atoms with E-state index in [2.05, 4.69) is 15.8 Å². The largest absolute Gasteiger partial charge is 0.343 e. The van der Waals surface area contributed by atoms with Gasteiger partial charge in [0, 0.05) is 17.2 Å². The molecule has 10 heteroatoms. The molecule has 0 fully saturated rings. The van der Waals surface area contributed by atoms with Gasteiger partial charge in [-0.2, -0.15) is 5.10 Å². The van der Waals surface area contributed by atoms with Gasteiger partial charge in [0.05, 0.1) is 17.7 Å². The van der Waals surface area contributed by atoms with Gasteiger partial charge in [-0.15, -0.1) is 0 Å². The van der Waals surface area contributed by atoms with E-state index in [9.17, 15) is 24.1 Å². The van der Waals surface area contributed by atoms with E-state index in [4.69, 9.17) is 11.6 Å². The minimum Gasteiger partial charge on any atom is -0.343 e. The monoisotopic (exact) mass is 378 g/mol. The Balaban J connectivity index is 1.85. The minimum atomic E-state index is -0.636. The molecule has 2 aromatic carbocycles. The number of nitrogens with zero attached hydrogens (tertiary/aromatic N) is 2. The second-order valence-electron chi connectivity index (χ2n) is 4.95. The molecule has 8 nitrogen and oxygen atoms in total. The molecule has 0 bridgehead atoms. The lowest BCUT2D eigenvalue weighted by atomic mass is 10.2. The Morgan fingerprint density at radius 3 is 2.58 bits per heavy atom. The van der Waals surface area contributed by atoms with Crippen LogP contribution in [0.4, 0.5) is 10.1 Å². The van der Waals surface area contributed by atoms with Crippen molar-refractivity contribution in [1.82, 2.24) is 10.7 Å². The Hall–Kier alpha value is -3.33. The fourth-order valence-electron chi connectivity index (χ4n) is 1.83. The molecule has 2 rings (SSSR count). The van der Waals surface area contributed by atoms with Crippen molar-refractivity contribution in [2.24, 2.45) is 5.10 Å². The molecular weight excluding hydrogens is 367 g/mol. The van der Waals surface area contributed by atoms with Crippen molar-refractivity contribution in [2.75, 3.05) is 6.54 Å². The van der Waals surface area contributed by atoms with Gasteiger partial charge in [-0.1, -0.05) is 17.7 Å². The van der Waals surface area contributed by atoms with Crippen molar-refractivity contribution in [3.8, 4) is 0 Å². The lowest BCUT2D eigenvalue weighted by molar-refractivity contribution is -0.384. The topological polar surface area (TPSA) is 114 Å². The maximum Gasteiger partial charge on any atom is 0.288 e. The lowest BCUT2D eigenvalue weighted by Gasteiger charge is -2.04. The van der Waals surface area contributed by atoms with Gasteiger partial charge in [-0.25, -0.2) is 9.82 Å². The van der Waals surface area contributed by atoms with Gasteiger partial charge in [-0.3, -0.25) is 19.7 Å². The number of carbonyl (C=O) groups is 2. The summed E-state index contributed by atoms with van der Waals surface area (Å²) in [5.74, 6) is -1.63. The average molecular weight is 379 g/mol. The lowest BCUT2D eigenvalue weighted by Crippen LogP contribution is -2.34. The molecule has 0 saturated carbocycles. The molecular formula is C16H12ClFN4O4. The highest BCUT2D eigenvalue weighted by molar-refractivity contribution is 6.32. The van der Waals surface area contributed by atoms with E-state index in [0.717, 1.165) is 12.1 Å².